The number of hydrogen-bond acceptors (Lipinski definition) is 0. The highest BCUT2D eigenvalue weighted by molar-refractivity contribution is 4.85. The Balaban J connectivity index is 2.63. The van der Waals surface area contributed by atoms with Crippen molar-refractivity contribution in [1.82, 2.24) is 0 Å². The van der Waals surface area contributed by atoms with Gasteiger partial charge in [0.2, 0.25) is 0 Å². The van der Waals surface area contributed by atoms with Crippen LogP contribution in [0.25, 0.3) is 0 Å². The second-order valence-electron chi connectivity index (χ2n) is 6.28. The summed E-state index contributed by atoms with van der Waals surface area (Å²) in [6.07, 6.45) is 8.59. The molecule has 96 valence electrons. The highest BCUT2D eigenvalue weighted by Gasteiger charge is 2.36. The summed E-state index contributed by atoms with van der Waals surface area (Å²) in [5.74, 6) is 4.86. The fraction of sp³-hybridized carbons (Fsp3) is 1.00. The third kappa shape index (κ3) is 3.25. The van der Waals surface area contributed by atoms with Crippen LogP contribution in [0.1, 0.15) is 73.1 Å². The van der Waals surface area contributed by atoms with Gasteiger partial charge in [-0.05, 0) is 29.6 Å². The molecular formula is C16H32. The van der Waals surface area contributed by atoms with Crippen molar-refractivity contribution in [2.45, 2.75) is 73.1 Å². The van der Waals surface area contributed by atoms with Gasteiger partial charge in [0.05, 0.1) is 0 Å². The van der Waals surface area contributed by atoms with Gasteiger partial charge in [-0.2, -0.15) is 0 Å². The summed E-state index contributed by atoms with van der Waals surface area (Å²) in [5.41, 5.74) is 0. The van der Waals surface area contributed by atoms with E-state index in [2.05, 4.69) is 34.6 Å². The molecule has 0 radical (unpaired) electrons. The van der Waals surface area contributed by atoms with Crippen LogP contribution in [0.5, 0.6) is 0 Å². The monoisotopic (exact) mass is 224 g/mol. The standard InChI is InChI=1S/C16H32/c1-6-8-9-15(7-2)16-13(4)11-10-12(3)14(16)5/h12-16H,6-11H2,1-5H3. The predicted molar refractivity (Wildman–Crippen MR) is 73.5 cm³/mol. The van der Waals surface area contributed by atoms with Crippen molar-refractivity contribution < 1.29 is 0 Å². The molecule has 0 spiro atoms. The van der Waals surface area contributed by atoms with E-state index in [9.17, 15) is 0 Å². The smallest absolute Gasteiger partial charge is 0.0332 e. The maximum atomic E-state index is 2.51. The molecule has 1 saturated carbocycles. The van der Waals surface area contributed by atoms with Crippen molar-refractivity contribution >= 4 is 0 Å². The minimum atomic E-state index is 0.950. The summed E-state index contributed by atoms with van der Waals surface area (Å²) in [6.45, 7) is 12.2. The van der Waals surface area contributed by atoms with Gasteiger partial charge in [-0.1, -0.05) is 73.1 Å². The zero-order valence-corrected chi connectivity index (χ0v) is 12.1. The van der Waals surface area contributed by atoms with Crippen LogP contribution in [0.4, 0.5) is 0 Å². The molecule has 0 aromatic rings. The lowest BCUT2D eigenvalue weighted by Gasteiger charge is -2.43. The lowest BCUT2D eigenvalue weighted by molar-refractivity contribution is 0.0624. The summed E-state index contributed by atoms with van der Waals surface area (Å²) < 4.78 is 0. The first kappa shape index (κ1) is 14.1. The Kier molecular flexibility index (Phi) is 5.86. The Morgan fingerprint density at radius 3 is 2.19 bits per heavy atom. The maximum Gasteiger partial charge on any atom is -0.0332 e. The normalized spacial score (nSPS) is 37.3. The minimum absolute atomic E-state index is 0.950. The van der Waals surface area contributed by atoms with E-state index in [-0.39, 0.29) is 0 Å². The first-order valence-corrected chi connectivity index (χ1v) is 7.61. The van der Waals surface area contributed by atoms with Gasteiger partial charge in [0, 0.05) is 0 Å². The Bertz CT molecular complexity index is 184. The fourth-order valence-electron chi connectivity index (χ4n) is 3.91. The molecule has 0 nitrogen and oxygen atoms in total. The van der Waals surface area contributed by atoms with E-state index in [1.54, 1.807) is 0 Å². The van der Waals surface area contributed by atoms with E-state index < -0.39 is 0 Å². The van der Waals surface area contributed by atoms with Gasteiger partial charge >= 0.3 is 0 Å². The molecule has 0 aromatic carbocycles. The van der Waals surface area contributed by atoms with E-state index >= 15 is 0 Å². The van der Waals surface area contributed by atoms with Crippen LogP contribution in [0.2, 0.25) is 0 Å². The second-order valence-corrected chi connectivity index (χ2v) is 6.28. The Morgan fingerprint density at radius 2 is 1.62 bits per heavy atom. The molecule has 0 heteroatoms. The highest BCUT2D eigenvalue weighted by Crippen LogP contribution is 2.44. The SMILES string of the molecule is CCCCC(CC)C1C(C)CCC(C)C1C. The van der Waals surface area contributed by atoms with Crippen LogP contribution in [-0.4, -0.2) is 0 Å². The van der Waals surface area contributed by atoms with E-state index in [1.165, 1.54) is 38.5 Å². The van der Waals surface area contributed by atoms with Crippen LogP contribution in [0.3, 0.4) is 0 Å². The van der Waals surface area contributed by atoms with Crippen molar-refractivity contribution in [3.05, 3.63) is 0 Å². The van der Waals surface area contributed by atoms with Crippen molar-refractivity contribution in [1.29, 1.82) is 0 Å². The van der Waals surface area contributed by atoms with Gasteiger partial charge in [0.15, 0.2) is 0 Å². The molecule has 5 unspecified atom stereocenters. The largest absolute Gasteiger partial charge is 0.0654 e. The van der Waals surface area contributed by atoms with Gasteiger partial charge in [-0.15, -0.1) is 0 Å². The summed E-state index contributed by atoms with van der Waals surface area (Å²) in [7, 11) is 0. The van der Waals surface area contributed by atoms with Crippen molar-refractivity contribution in [3.8, 4) is 0 Å². The Hall–Kier alpha value is 0. The molecule has 0 bridgehead atoms. The molecule has 1 rings (SSSR count). The second kappa shape index (κ2) is 6.67. The Labute approximate surface area is 103 Å². The highest BCUT2D eigenvalue weighted by atomic mass is 14.4. The van der Waals surface area contributed by atoms with Crippen LogP contribution in [0.15, 0.2) is 0 Å². The first-order chi connectivity index (χ1) is 7.61. The molecule has 16 heavy (non-hydrogen) atoms. The van der Waals surface area contributed by atoms with E-state index in [0.29, 0.717) is 0 Å². The quantitative estimate of drug-likeness (QED) is 0.576. The number of unbranched alkanes of at least 4 members (excludes halogenated alkanes) is 1. The van der Waals surface area contributed by atoms with Crippen LogP contribution < -0.4 is 0 Å². The average Bonchev–Trinajstić information content (AvgIpc) is 2.28. The molecule has 1 aliphatic carbocycles. The first-order valence-electron chi connectivity index (χ1n) is 7.61. The third-order valence-corrected chi connectivity index (χ3v) is 5.24. The van der Waals surface area contributed by atoms with Gasteiger partial charge in [-0.25, -0.2) is 0 Å². The molecule has 5 atom stereocenters. The molecule has 0 N–H and O–H groups in total. The van der Waals surface area contributed by atoms with Crippen LogP contribution in [-0.2, 0) is 0 Å². The molecule has 1 fully saturated rings. The summed E-state index contributed by atoms with van der Waals surface area (Å²) in [4.78, 5) is 0. The van der Waals surface area contributed by atoms with Crippen molar-refractivity contribution in [2.24, 2.45) is 29.6 Å². The number of rotatable bonds is 5. The average molecular weight is 224 g/mol. The van der Waals surface area contributed by atoms with Gasteiger partial charge in [-0.3, -0.25) is 0 Å². The molecular weight excluding hydrogens is 192 g/mol. The van der Waals surface area contributed by atoms with Gasteiger partial charge < -0.3 is 0 Å². The number of hydrogen-bond donors (Lipinski definition) is 0. The summed E-state index contributed by atoms with van der Waals surface area (Å²) in [6, 6.07) is 0. The molecule has 0 saturated heterocycles. The molecule has 1 aliphatic rings. The fourth-order valence-corrected chi connectivity index (χ4v) is 3.91. The molecule has 0 aliphatic heterocycles. The van der Waals surface area contributed by atoms with Crippen molar-refractivity contribution in [2.75, 3.05) is 0 Å². The van der Waals surface area contributed by atoms with Crippen LogP contribution in [0, 0.1) is 29.6 Å². The Morgan fingerprint density at radius 1 is 1.00 bits per heavy atom. The third-order valence-electron chi connectivity index (χ3n) is 5.24. The molecule has 0 amide bonds. The summed E-state index contributed by atoms with van der Waals surface area (Å²) >= 11 is 0. The lowest BCUT2D eigenvalue weighted by Crippen LogP contribution is -2.35. The lowest BCUT2D eigenvalue weighted by atomic mass is 9.62. The summed E-state index contributed by atoms with van der Waals surface area (Å²) in [5, 5.41) is 0. The van der Waals surface area contributed by atoms with Gasteiger partial charge in [0.1, 0.15) is 0 Å². The van der Waals surface area contributed by atoms with E-state index in [4.69, 9.17) is 0 Å². The van der Waals surface area contributed by atoms with Crippen LogP contribution >= 0.6 is 0 Å². The minimum Gasteiger partial charge on any atom is -0.0654 e. The van der Waals surface area contributed by atoms with Crippen molar-refractivity contribution in [3.63, 3.8) is 0 Å². The van der Waals surface area contributed by atoms with E-state index in [1.807, 2.05) is 0 Å². The van der Waals surface area contributed by atoms with Gasteiger partial charge in [0.25, 0.3) is 0 Å². The van der Waals surface area contributed by atoms with E-state index in [0.717, 1.165) is 29.6 Å². The molecule has 0 heterocycles. The topological polar surface area (TPSA) is 0 Å². The zero-order chi connectivity index (χ0) is 12.1. The zero-order valence-electron chi connectivity index (χ0n) is 12.1. The molecule has 0 aromatic heterocycles. The maximum absolute atomic E-state index is 2.51. The predicted octanol–water partition coefficient (Wildman–Crippen LogP) is 5.52.